The summed E-state index contributed by atoms with van der Waals surface area (Å²) in [5.41, 5.74) is 14.4. The Morgan fingerprint density at radius 3 is 2.70 bits per heavy atom. The molecule has 1 aromatic carbocycles. The summed E-state index contributed by atoms with van der Waals surface area (Å²) in [6.07, 6.45) is 9.41. The van der Waals surface area contributed by atoms with Crippen LogP contribution in [0.25, 0.3) is 0 Å². The number of benzene rings is 1. The van der Waals surface area contributed by atoms with Crippen molar-refractivity contribution in [2.45, 2.75) is 76.5 Å². The fraction of sp³-hybridized carbons (Fsp3) is 0.619. The summed E-state index contributed by atoms with van der Waals surface area (Å²) in [4.78, 5) is 13.8. The predicted molar refractivity (Wildman–Crippen MR) is 112 cm³/mol. The quantitative estimate of drug-likeness (QED) is 0.858. The van der Waals surface area contributed by atoms with Gasteiger partial charge in [-0.3, -0.25) is 9.80 Å². The van der Waals surface area contributed by atoms with Gasteiger partial charge in [0.05, 0.1) is 0 Å². The Bertz CT molecular complexity index is 734. The SMILES string of the molecule is CC1CCCCN1Cc1cccc(N2C(N)=NC(N)=NC23CCCCC3)c1. The Labute approximate surface area is 162 Å². The Morgan fingerprint density at radius 2 is 1.93 bits per heavy atom. The molecule has 1 spiro atoms. The lowest BCUT2D eigenvalue weighted by Gasteiger charge is -2.45. The second-order valence-corrected chi connectivity index (χ2v) is 8.30. The van der Waals surface area contributed by atoms with E-state index in [0.29, 0.717) is 18.0 Å². The minimum absolute atomic E-state index is 0.309. The van der Waals surface area contributed by atoms with Crippen molar-refractivity contribution in [2.24, 2.45) is 21.5 Å². The van der Waals surface area contributed by atoms with Gasteiger partial charge in [0.25, 0.3) is 0 Å². The van der Waals surface area contributed by atoms with Crippen LogP contribution in [-0.2, 0) is 6.54 Å². The zero-order valence-corrected chi connectivity index (χ0v) is 16.4. The summed E-state index contributed by atoms with van der Waals surface area (Å²) in [5.74, 6) is 0.775. The van der Waals surface area contributed by atoms with E-state index < -0.39 is 0 Å². The molecule has 4 rings (SSSR count). The fourth-order valence-corrected chi connectivity index (χ4v) is 4.92. The number of aliphatic imine (C=N–C) groups is 2. The molecular formula is C21H32N6. The number of nitrogens with zero attached hydrogens (tertiary/aromatic N) is 4. The summed E-state index contributed by atoms with van der Waals surface area (Å²) in [6, 6.07) is 9.38. The lowest BCUT2D eigenvalue weighted by molar-refractivity contribution is 0.152. The van der Waals surface area contributed by atoms with Gasteiger partial charge in [0.2, 0.25) is 11.9 Å². The van der Waals surface area contributed by atoms with Crippen molar-refractivity contribution >= 4 is 17.6 Å². The standard InChI is InChI=1S/C21H32N6/c1-16-8-3-6-13-26(16)15-17-9-7-10-18(14-17)27-20(23)24-19(22)25-21(27)11-4-2-5-12-21/h7,9-10,14,16H,2-6,8,11-13,15H2,1H3,(H4,22,23,24,25). The van der Waals surface area contributed by atoms with Crippen molar-refractivity contribution in [1.29, 1.82) is 0 Å². The molecule has 0 amide bonds. The van der Waals surface area contributed by atoms with Crippen LogP contribution in [0.5, 0.6) is 0 Å². The first kappa shape index (κ1) is 18.3. The maximum atomic E-state index is 6.37. The number of rotatable bonds is 3. The van der Waals surface area contributed by atoms with Crippen LogP contribution < -0.4 is 16.4 Å². The number of anilines is 1. The number of guanidine groups is 2. The summed E-state index contributed by atoms with van der Waals surface area (Å²) in [7, 11) is 0. The number of piperidine rings is 1. The molecule has 0 bridgehead atoms. The van der Waals surface area contributed by atoms with Crippen molar-refractivity contribution < 1.29 is 0 Å². The first-order valence-corrected chi connectivity index (χ1v) is 10.4. The Balaban J connectivity index is 1.62. The highest BCUT2D eigenvalue weighted by Crippen LogP contribution is 2.39. The van der Waals surface area contributed by atoms with Crippen molar-refractivity contribution in [2.75, 3.05) is 11.4 Å². The van der Waals surface area contributed by atoms with Gasteiger partial charge < -0.3 is 11.5 Å². The third-order valence-corrected chi connectivity index (χ3v) is 6.35. The Morgan fingerprint density at radius 1 is 1.11 bits per heavy atom. The molecule has 4 N–H and O–H groups in total. The molecule has 0 radical (unpaired) electrons. The van der Waals surface area contributed by atoms with Crippen molar-refractivity contribution in [3.63, 3.8) is 0 Å². The van der Waals surface area contributed by atoms with Gasteiger partial charge in [-0.1, -0.05) is 25.0 Å². The average Bonchev–Trinajstić information content (AvgIpc) is 2.64. The van der Waals surface area contributed by atoms with Crippen LogP contribution in [0.4, 0.5) is 5.69 Å². The van der Waals surface area contributed by atoms with Gasteiger partial charge in [-0.25, -0.2) is 4.99 Å². The zero-order chi connectivity index (χ0) is 18.9. The minimum Gasteiger partial charge on any atom is -0.369 e. The topological polar surface area (TPSA) is 83.2 Å². The first-order valence-electron chi connectivity index (χ1n) is 10.4. The van der Waals surface area contributed by atoms with E-state index in [4.69, 9.17) is 16.5 Å². The van der Waals surface area contributed by atoms with E-state index in [1.807, 2.05) is 0 Å². The van der Waals surface area contributed by atoms with Gasteiger partial charge in [0.1, 0.15) is 5.66 Å². The van der Waals surface area contributed by atoms with Crippen LogP contribution >= 0.6 is 0 Å². The number of nitrogens with two attached hydrogens (primary N) is 2. The summed E-state index contributed by atoms with van der Waals surface area (Å²) < 4.78 is 0. The second-order valence-electron chi connectivity index (χ2n) is 8.30. The van der Waals surface area contributed by atoms with Crippen LogP contribution in [0, 0.1) is 0 Å². The molecule has 2 heterocycles. The van der Waals surface area contributed by atoms with E-state index in [-0.39, 0.29) is 5.66 Å². The molecule has 1 unspecified atom stereocenters. The summed E-state index contributed by atoms with van der Waals surface area (Å²) >= 11 is 0. The van der Waals surface area contributed by atoms with Crippen molar-refractivity contribution in [3.8, 4) is 0 Å². The van der Waals surface area contributed by atoms with Gasteiger partial charge in [0.15, 0.2) is 0 Å². The predicted octanol–water partition coefficient (Wildman–Crippen LogP) is 3.17. The molecule has 1 saturated carbocycles. The molecule has 1 aliphatic carbocycles. The van der Waals surface area contributed by atoms with Gasteiger partial charge in [-0.15, -0.1) is 0 Å². The lowest BCUT2D eigenvalue weighted by atomic mass is 9.87. The highest BCUT2D eigenvalue weighted by Gasteiger charge is 2.42. The monoisotopic (exact) mass is 368 g/mol. The molecule has 27 heavy (non-hydrogen) atoms. The normalized spacial score (nSPS) is 26.0. The number of hydrogen-bond acceptors (Lipinski definition) is 6. The van der Waals surface area contributed by atoms with Crippen molar-refractivity contribution in [1.82, 2.24) is 4.90 Å². The molecule has 1 aromatic rings. The van der Waals surface area contributed by atoms with E-state index in [1.165, 1.54) is 37.8 Å². The minimum atomic E-state index is -0.370. The molecule has 2 fully saturated rings. The molecule has 6 nitrogen and oxygen atoms in total. The van der Waals surface area contributed by atoms with Gasteiger partial charge in [0, 0.05) is 18.3 Å². The van der Waals surface area contributed by atoms with E-state index in [1.54, 1.807) is 0 Å². The van der Waals surface area contributed by atoms with E-state index >= 15 is 0 Å². The van der Waals surface area contributed by atoms with E-state index in [2.05, 4.69) is 46.0 Å². The molecule has 0 aromatic heterocycles. The molecule has 146 valence electrons. The van der Waals surface area contributed by atoms with Crippen LogP contribution in [0.15, 0.2) is 34.3 Å². The Hall–Kier alpha value is -2.08. The summed E-state index contributed by atoms with van der Waals surface area (Å²) in [6.45, 7) is 4.51. The smallest absolute Gasteiger partial charge is 0.220 e. The second kappa shape index (κ2) is 7.50. The third kappa shape index (κ3) is 3.68. The third-order valence-electron chi connectivity index (χ3n) is 6.35. The van der Waals surface area contributed by atoms with Crippen LogP contribution in [0.1, 0.15) is 63.9 Å². The lowest BCUT2D eigenvalue weighted by Crippen LogP contribution is -2.58. The highest BCUT2D eigenvalue weighted by atomic mass is 15.4. The van der Waals surface area contributed by atoms with Gasteiger partial charge >= 0.3 is 0 Å². The van der Waals surface area contributed by atoms with Crippen LogP contribution in [0.3, 0.4) is 0 Å². The molecular weight excluding hydrogens is 336 g/mol. The molecule has 1 saturated heterocycles. The first-order chi connectivity index (χ1) is 13.1. The maximum Gasteiger partial charge on any atom is 0.220 e. The van der Waals surface area contributed by atoms with Crippen LogP contribution in [-0.4, -0.2) is 35.1 Å². The van der Waals surface area contributed by atoms with Crippen LogP contribution in [0.2, 0.25) is 0 Å². The zero-order valence-electron chi connectivity index (χ0n) is 16.4. The summed E-state index contributed by atoms with van der Waals surface area (Å²) in [5, 5.41) is 0. The van der Waals surface area contributed by atoms with Crippen molar-refractivity contribution in [3.05, 3.63) is 29.8 Å². The average molecular weight is 369 g/mol. The van der Waals surface area contributed by atoms with E-state index in [9.17, 15) is 0 Å². The number of hydrogen-bond donors (Lipinski definition) is 2. The van der Waals surface area contributed by atoms with E-state index in [0.717, 1.165) is 37.9 Å². The van der Waals surface area contributed by atoms with Gasteiger partial charge in [-0.2, -0.15) is 4.99 Å². The number of likely N-dealkylation sites (tertiary alicyclic amines) is 1. The molecule has 6 heteroatoms. The highest BCUT2D eigenvalue weighted by molar-refractivity contribution is 6.05. The Kier molecular flexibility index (Phi) is 5.08. The molecule has 1 atom stereocenters. The fourth-order valence-electron chi connectivity index (χ4n) is 4.92. The molecule has 2 aliphatic heterocycles. The molecule has 3 aliphatic rings. The van der Waals surface area contributed by atoms with Gasteiger partial charge in [-0.05, 0) is 69.7 Å². The maximum absolute atomic E-state index is 6.37. The largest absolute Gasteiger partial charge is 0.369 e.